The van der Waals surface area contributed by atoms with Gasteiger partial charge in [-0.1, -0.05) is 24.3 Å². The second-order valence-corrected chi connectivity index (χ2v) is 2.13. The van der Waals surface area contributed by atoms with E-state index in [0.29, 0.717) is 6.54 Å². The van der Waals surface area contributed by atoms with Gasteiger partial charge in [-0.2, -0.15) is 0 Å². The lowest BCUT2D eigenvalue weighted by Crippen LogP contribution is -1.87. The molecule has 1 rings (SSSR count). The van der Waals surface area contributed by atoms with E-state index in [-0.39, 0.29) is 0 Å². The van der Waals surface area contributed by atoms with Gasteiger partial charge in [0.05, 0.1) is 6.54 Å². The molecule has 0 heterocycles. The van der Waals surface area contributed by atoms with Crippen molar-refractivity contribution in [2.75, 3.05) is 6.54 Å². The lowest BCUT2D eigenvalue weighted by Gasteiger charge is -1.93. The first kappa shape index (κ1) is 7.70. The minimum atomic E-state index is 0.521. The molecule has 0 aliphatic carbocycles. The summed E-state index contributed by atoms with van der Waals surface area (Å²) in [7, 11) is 0. The fraction of sp³-hybridized carbons (Fsp3) is 0.222. The number of isocyanates is 1. The van der Waals surface area contributed by atoms with Crippen molar-refractivity contribution in [3.05, 3.63) is 35.9 Å². The number of hydrogen-bond acceptors (Lipinski definition) is 2. The molecule has 1 radical (unpaired) electrons. The molecule has 0 saturated carbocycles. The maximum atomic E-state index is 9.70. The smallest absolute Gasteiger partial charge is 0.211 e. The Labute approximate surface area is 65.6 Å². The Morgan fingerprint density at radius 1 is 1.45 bits per heavy atom. The molecule has 1 aromatic rings. The van der Waals surface area contributed by atoms with Crippen LogP contribution in [-0.4, -0.2) is 12.6 Å². The molecule has 0 amide bonds. The van der Waals surface area contributed by atoms with Gasteiger partial charge in [-0.05, 0) is 18.1 Å². The van der Waals surface area contributed by atoms with Crippen LogP contribution in [0.3, 0.4) is 0 Å². The number of aliphatic imine (C=N–C) groups is 1. The summed E-state index contributed by atoms with van der Waals surface area (Å²) in [6.07, 6.45) is 2.30. The average molecular weight is 146 g/mol. The van der Waals surface area contributed by atoms with Crippen molar-refractivity contribution in [1.82, 2.24) is 0 Å². The first-order valence-corrected chi connectivity index (χ1v) is 3.42. The van der Waals surface area contributed by atoms with Crippen LogP contribution in [0.2, 0.25) is 0 Å². The van der Waals surface area contributed by atoms with Crippen LogP contribution in [0.5, 0.6) is 0 Å². The number of nitrogens with zero attached hydrogens (tertiary/aromatic N) is 1. The van der Waals surface area contributed by atoms with Crippen LogP contribution in [0.4, 0.5) is 0 Å². The Kier molecular flexibility index (Phi) is 3.10. The molecule has 0 aliphatic heterocycles. The fourth-order valence-electron chi connectivity index (χ4n) is 0.819. The van der Waals surface area contributed by atoms with Gasteiger partial charge in [-0.15, -0.1) is 0 Å². The second kappa shape index (κ2) is 4.42. The summed E-state index contributed by atoms with van der Waals surface area (Å²) in [5, 5.41) is 0. The molecule has 0 aliphatic rings. The standard InChI is InChI=1S/C9H8NO/c11-8-10-7-6-9-4-2-1-3-5-9/h2-5H,6-7H2. The predicted molar refractivity (Wildman–Crippen MR) is 42.0 cm³/mol. The molecule has 0 spiro atoms. The van der Waals surface area contributed by atoms with Gasteiger partial charge in [-0.25, -0.2) is 9.79 Å². The monoisotopic (exact) mass is 146 g/mol. The largest absolute Gasteiger partial charge is 0.234 e. The second-order valence-electron chi connectivity index (χ2n) is 2.13. The summed E-state index contributed by atoms with van der Waals surface area (Å²) >= 11 is 0. The minimum absolute atomic E-state index is 0.521. The van der Waals surface area contributed by atoms with Crippen LogP contribution >= 0.6 is 0 Å². The van der Waals surface area contributed by atoms with E-state index in [9.17, 15) is 4.79 Å². The molecule has 0 N–H and O–H groups in total. The van der Waals surface area contributed by atoms with Crippen LogP contribution in [-0.2, 0) is 11.2 Å². The number of rotatable bonds is 3. The van der Waals surface area contributed by atoms with Crippen LogP contribution in [0.25, 0.3) is 0 Å². The first-order valence-electron chi connectivity index (χ1n) is 3.42. The van der Waals surface area contributed by atoms with E-state index < -0.39 is 0 Å². The summed E-state index contributed by atoms with van der Waals surface area (Å²) in [6, 6.07) is 10.5. The van der Waals surface area contributed by atoms with Gasteiger partial charge in [0.1, 0.15) is 0 Å². The van der Waals surface area contributed by atoms with E-state index >= 15 is 0 Å². The lowest BCUT2D eigenvalue weighted by molar-refractivity contribution is 0.563. The number of benzene rings is 1. The quantitative estimate of drug-likeness (QED) is 0.467. The summed E-state index contributed by atoms with van der Waals surface area (Å²) < 4.78 is 0. The summed E-state index contributed by atoms with van der Waals surface area (Å²) in [4.78, 5) is 13.1. The molecule has 0 bridgehead atoms. The van der Waals surface area contributed by atoms with Gasteiger partial charge in [0.25, 0.3) is 0 Å². The van der Waals surface area contributed by atoms with Crippen molar-refractivity contribution in [2.45, 2.75) is 6.42 Å². The van der Waals surface area contributed by atoms with Gasteiger partial charge in [-0.3, -0.25) is 0 Å². The highest BCUT2D eigenvalue weighted by Crippen LogP contribution is 1.98. The van der Waals surface area contributed by atoms with E-state index in [0.717, 1.165) is 6.42 Å². The highest BCUT2D eigenvalue weighted by atomic mass is 16.1. The van der Waals surface area contributed by atoms with E-state index in [1.807, 2.05) is 24.3 Å². The van der Waals surface area contributed by atoms with Gasteiger partial charge < -0.3 is 0 Å². The van der Waals surface area contributed by atoms with Crippen molar-refractivity contribution in [1.29, 1.82) is 0 Å². The molecule has 2 heteroatoms. The van der Waals surface area contributed by atoms with Crippen molar-refractivity contribution in [2.24, 2.45) is 4.99 Å². The first-order chi connectivity index (χ1) is 5.43. The van der Waals surface area contributed by atoms with Crippen LogP contribution < -0.4 is 0 Å². The molecule has 1 aromatic carbocycles. The molecule has 2 nitrogen and oxygen atoms in total. The summed E-state index contributed by atoms with van der Waals surface area (Å²) in [6.45, 7) is 0.521. The van der Waals surface area contributed by atoms with Crippen LogP contribution in [0, 0.1) is 6.07 Å². The van der Waals surface area contributed by atoms with Crippen LogP contribution in [0.15, 0.2) is 29.3 Å². The Hall–Kier alpha value is -1.40. The SMILES string of the molecule is O=C=NCCc1cc[c]cc1. The topological polar surface area (TPSA) is 29.4 Å². The third-order valence-corrected chi connectivity index (χ3v) is 1.36. The van der Waals surface area contributed by atoms with Gasteiger partial charge in [0, 0.05) is 0 Å². The molecule has 55 valence electrons. The van der Waals surface area contributed by atoms with Crippen molar-refractivity contribution >= 4 is 6.08 Å². The Morgan fingerprint density at radius 3 is 2.82 bits per heavy atom. The van der Waals surface area contributed by atoms with Crippen molar-refractivity contribution in [3.8, 4) is 0 Å². The highest BCUT2D eigenvalue weighted by molar-refractivity contribution is 5.33. The Bertz CT molecular complexity index is 250. The zero-order valence-electron chi connectivity index (χ0n) is 6.08. The number of carbonyl (C=O) groups excluding carboxylic acids is 1. The summed E-state index contributed by atoms with van der Waals surface area (Å²) in [5.74, 6) is 0. The predicted octanol–water partition coefficient (Wildman–Crippen LogP) is 1.37. The fourth-order valence-corrected chi connectivity index (χ4v) is 0.819. The van der Waals surface area contributed by atoms with E-state index in [1.165, 1.54) is 11.6 Å². The third-order valence-electron chi connectivity index (χ3n) is 1.36. The molecule has 0 fully saturated rings. The van der Waals surface area contributed by atoms with Gasteiger partial charge in [0.2, 0.25) is 6.08 Å². The van der Waals surface area contributed by atoms with Crippen molar-refractivity contribution in [3.63, 3.8) is 0 Å². The molecule has 0 unspecified atom stereocenters. The van der Waals surface area contributed by atoms with E-state index in [1.54, 1.807) is 0 Å². The molecule has 11 heavy (non-hydrogen) atoms. The number of hydrogen-bond donors (Lipinski definition) is 0. The van der Waals surface area contributed by atoms with E-state index in [4.69, 9.17) is 0 Å². The minimum Gasteiger partial charge on any atom is -0.211 e. The molecule has 0 aromatic heterocycles. The maximum absolute atomic E-state index is 9.70. The van der Waals surface area contributed by atoms with Gasteiger partial charge in [0.15, 0.2) is 0 Å². The molecular formula is C9H8NO. The molecular weight excluding hydrogens is 138 g/mol. The normalized spacial score (nSPS) is 8.73. The van der Waals surface area contributed by atoms with Crippen molar-refractivity contribution < 1.29 is 4.79 Å². The molecule has 0 saturated heterocycles. The average Bonchev–Trinajstić information content (AvgIpc) is 2.07. The Morgan fingerprint density at radius 2 is 2.18 bits per heavy atom. The van der Waals surface area contributed by atoms with Crippen LogP contribution in [0.1, 0.15) is 5.56 Å². The summed E-state index contributed by atoms with van der Waals surface area (Å²) in [5.41, 5.74) is 1.17. The van der Waals surface area contributed by atoms with Gasteiger partial charge >= 0.3 is 0 Å². The molecule has 0 atom stereocenters. The lowest BCUT2D eigenvalue weighted by atomic mass is 10.2. The zero-order chi connectivity index (χ0) is 7.94. The Balaban J connectivity index is 2.45. The zero-order valence-corrected chi connectivity index (χ0v) is 6.08. The highest BCUT2D eigenvalue weighted by Gasteiger charge is 1.87. The van der Waals surface area contributed by atoms with E-state index in [2.05, 4.69) is 11.1 Å². The third kappa shape index (κ3) is 2.78. The maximum Gasteiger partial charge on any atom is 0.234 e.